The number of rotatable bonds is 7. The lowest BCUT2D eigenvalue weighted by Crippen LogP contribution is -2.48. The third-order valence-corrected chi connectivity index (χ3v) is 5.33. The van der Waals surface area contributed by atoms with Gasteiger partial charge in [0.05, 0.1) is 0 Å². The molecule has 1 N–H and O–H groups in total. The van der Waals surface area contributed by atoms with Crippen molar-refractivity contribution < 1.29 is 9.59 Å². The quantitative estimate of drug-likeness (QED) is 0.761. The Balaban J connectivity index is 1.31. The molecule has 3 rings (SSSR count). The smallest absolute Gasteiger partial charge is 0.251 e. The molecule has 1 aliphatic rings. The maximum absolute atomic E-state index is 12.3. The van der Waals surface area contributed by atoms with Crippen LogP contribution in [0.1, 0.15) is 28.8 Å². The first-order valence-electron chi connectivity index (χ1n) is 9.07. The molecule has 1 saturated heterocycles. The second-order valence-electron chi connectivity index (χ2n) is 6.51. The number of hydrogen-bond acceptors (Lipinski definition) is 4. The summed E-state index contributed by atoms with van der Waals surface area (Å²) < 4.78 is 0. The fourth-order valence-corrected chi connectivity index (χ4v) is 3.75. The molecule has 1 aromatic carbocycles. The standard InChI is InChI=1S/C20H25N3O2S/c24-19(7-4-9-21-20(25)18-5-2-1-3-6-18)23-12-10-22(11-13-23)15-17-8-14-26-16-17/h1-3,5-6,8,14,16H,4,7,9-13,15H2,(H,21,25). The molecule has 0 spiro atoms. The van der Waals surface area contributed by atoms with Crippen LogP contribution in [0.2, 0.25) is 0 Å². The molecule has 0 unspecified atom stereocenters. The van der Waals surface area contributed by atoms with Crippen LogP contribution in [0, 0.1) is 0 Å². The average molecular weight is 372 g/mol. The number of benzene rings is 1. The van der Waals surface area contributed by atoms with E-state index in [1.54, 1.807) is 23.5 Å². The van der Waals surface area contributed by atoms with Gasteiger partial charge in [-0.1, -0.05) is 18.2 Å². The van der Waals surface area contributed by atoms with Gasteiger partial charge in [0.1, 0.15) is 0 Å². The van der Waals surface area contributed by atoms with Crippen molar-refractivity contribution in [1.82, 2.24) is 15.1 Å². The maximum atomic E-state index is 12.3. The van der Waals surface area contributed by atoms with Gasteiger partial charge in [-0.05, 0) is 40.9 Å². The van der Waals surface area contributed by atoms with E-state index in [1.165, 1.54) is 5.56 Å². The SMILES string of the molecule is O=C(NCCCC(=O)N1CCN(Cc2ccsc2)CC1)c1ccccc1. The lowest BCUT2D eigenvalue weighted by atomic mass is 10.2. The third kappa shape index (κ3) is 5.41. The lowest BCUT2D eigenvalue weighted by molar-refractivity contribution is -0.133. The number of hydrogen-bond donors (Lipinski definition) is 1. The zero-order valence-electron chi connectivity index (χ0n) is 14.9. The summed E-state index contributed by atoms with van der Waals surface area (Å²) in [5, 5.41) is 7.16. The van der Waals surface area contributed by atoms with Gasteiger partial charge in [0.2, 0.25) is 5.91 Å². The molecule has 1 aromatic heterocycles. The Morgan fingerprint density at radius 3 is 2.50 bits per heavy atom. The molecule has 26 heavy (non-hydrogen) atoms. The summed E-state index contributed by atoms with van der Waals surface area (Å²) in [7, 11) is 0. The molecule has 5 nitrogen and oxygen atoms in total. The largest absolute Gasteiger partial charge is 0.352 e. The average Bonchev–Trinajstić information content (AvgIpc) is 3.19. The summed E-state index contributed by atoms with van der Waals surface area (Å²) in [5.74, 6) is 0.106. The highest BCUT2D eigenvalue weighted by atomic mass is 32.1. The van der Waals surface area contributed by atoms with Gasteiger partial charge in [-0.15, -0.1) is 0 Å². The molecular formula is C20H25N3O2S. The Labute approximate surface area is 158 Å². The van der Waals surface area contributed by atoms with E-state index in [-0.39, 0.29) is 11.8 Å². The van der Waals surface area contributed by atoms with Gasteiger partial charge in [0.25, 0.3) is 5.91 Å². The molecule has 1 aliphatic heterocycles. The number of thiophene rings is 1. The van der Waals surface area contributed by atoms with Crippen LogP contribution >= 0.6 is 11.3 Å². The van der Waals surface area contributed by atoms with Crippen LogP contribution in [0.25, 0.3) is 0 Å². The third-order valence-electron chi connectivity index (χ3n) is 4.60. The van der Waals surface area contributed by atoms with Crippen LogP contribution in [0.15, 0.2) is 47.2 Å². The summed E-state index contributed by atoms with van der Waals surface area (Å²) in [5.41, 5.74) is 2.00. The van der Waals surface area contributed by atoms with Gasteiger partial charge < -0.3 is 10.2 Å². The molecule has 2 amide bonds. The predicted octanol–water partition coefficient (Wildman–Crippen LogP) is 2.60. The minimum Gasteiger partial charge on any atom is -0.352 e. The Kier molecular flexibility index (Phi) is 6.80. The summed E-state index contributed by atoms with van der Waals surface area (Å²) in [6.07, 6.45) is 1.16. The molecule has 0 radical (unpaired) electrons. The molecule has 2 heterocycles. The van der Waals surface area contributed by atoms with Crippen LogP contribution < -0.4 is 5.32 Å². The Bertz CT molecular complexity index is 695. The van der Waals surface area contributed by atoms with E-state index < -0.39 is 0 Å². The number of nitrogens with zero attached hydrogens (tertiary/aromatic N) is 2. The normalized spacial score (nSPS) is 15.0. The number of nitrogens with one attached hydrogen (secondary N) is 1. The first kappa shape index (κ1) is 18.6. The van der Waals surface area contributed by atoms with Crippen LogP contribution in [0.3, 0.4) is 0 Å². The number of piperazine rings is 1. The van der Waals surface area contributed by atoms with Crippen LogP contribution in [0.5, 0.6) is 0 Å². The van der Waals surface area contributed by atoms with Gasteiger partial charge in [-0.25, -0.2) is 0 Å². The highest BCUT2D eigenvalue weighted by Crippen LogP contribution is 2.12. The van der Waals surface area contributed by atoms with Crippen molar-refractivity contribution in [3.8, 4) is 0 Å². The summed E-state index contributed by atoms with van der Waals surface area (Å²) in [4.78, 5) is 28.6. The number of amides is 2. The van der Waals surface area contributed by atoms with E-state index in [0.717, 1.165) is 32.7 Å². The number of carbonyl (C=O) groups is 2. The van der Waals surface area contributed by atoms with Crippen molar-refractivity contribution in [2.45, 2.75) is 19.4 Å². The Morgan fingerprint density at radius 2 is 1.81 bits per heavy atom. The fourth-order valence-electron chi connectivity index (χ4n) is 3.09. The van der Waals surface area contributed by atoms with Crippen LogP contribution in [0.4, 0.5) is 0 Å². The van der Waals surface area contributed by atoms with E-state index >= 15 is 0 Å². The van der Waals surface area contributed by atoms with Gasteiger partial charge in [-0.3, -0.25) is 14.5 Å². The summed E-state index contributed by atoms with van der Waals surface area (Å²) in [6.45, 7) is 4.92. The van der Waals surface area contributed by atoms with Gasteiger partial charge >= 0.3 is 0 Å². The molecule has 0 atom stereocenters. The molecule has 138 valence electrons. The van der Waals surface area contributed by atoms with Crippen LogP contribution in [-0.4, -0.2) is 54.3 Å². The van der Waals surface area contributed by atoms with Crippen molar-refractivity contribution in [3.05, 3.63) is 58.3 Å². The Hall–Kier alpha value is -2.18. The van der Waals surface area contributed by atoms with Crippen molar-refractivity contribution in [3.63, 3.8) is 0 Å². The zero-order valence-corrected chi connectivity index (χ0v) is 15.7. The van der Waals surface area contributed by atoms with E-state index in [2.05, 4.69) is 27.0 Å². The highest BCUT2D eigenvalue weighted by molar-refractivity contribution is 7.07. The van der Waals surface area contributed by atoms with Gasteiger partial charge in [0, 0.05) is 51.3 Å². The Morgan fingerprint density at radius 1 is 1.04 bits per heavy atom. The van der Waals surface area contributed by atoms with E-state index in [9.17, 15) is 9.59 Å². The molecule has 0 saturated carbocycles. The van der Waals surface area contributed by atoms with Crippen LogP contribution in [-0.2, 0) is 11.3 Å². The molecule has 2 aromatic rings. The summed E-state index contributed by atoms with van der Waals surface area (Å²) in [6, 6.07) is 11.3. The topological polar surface area (TPSA) is 52.7 Å². The van der Waals surface area contributed by atoms with Gasteiger partial charge in [0.15, 0.2) is 0 Å². The molecular weight excluding hydrogens is 346 g/mol. The van der Waals surface area contributed by atoms with Crippen molar-refractivity contribution in [2.75, 3.05) is 32.7 Å². The first-order chi connectivity index (χ1) is 12.7. The highest BCUT2D eigenvalue weighted by Gasteiger charge is 2.20. The predicted molar refractivity (Wildman–Crippen MR) is 104 cm³/mol. The second kappa shape index (κ2) is 9.50. The van der Waals surface area contributed by atoms with E-state index in [0.29, 0.717) is 24.9 Å². The molecule has 6 heteroatoms. The van der Waals surface area contributed by atoms with Crippen molar-refractivity contribution in [1.29, 1.82) is 0 Å². The molecule has 0 aliphatic carbocycles. The number of carbonyl (C=O) groups excluding carboxylic acids is 2. The second-order valence-corrected chi connectivity index (χ2v) is 7.29. The lowest BCUT2D eigenvalue weighted by Gasteiger charge is -2.34. The maximum Gasteiger partial charge on any atom is 0.251 e. The zero-order chi connectivity index (χ0) is 18.2. The first-order valence-corrected chi connectivity index (χ1v) is 10.0. The summed E-state index contributed by atoms with van der Waals surface area (Å²) >= 11 is 1.72. The monoisotopic (exact) mass is 371 g/mol. The van der Waals surface area contributed by atoms with E-state index in [1.807, 2.05) is 23.1 Å². The molecule has 0 bridgehead atoms. The molecule has 1 fully saturated rings. The van der Waals surface area contributed by atoms with Gasteiger partial charge in [-0.2, -0.15) is 11.3 Å². The minimum absolute atomic E-state index is 0.0832. The van der Waals surface area contributed by atoms with Crippen molar-refractivity contribution in [2.24, 2.45) is 0 Å². The van der Waals surface area contributed by atoms with E-state index in [4.69, 9.17) is 0 Å². The fraction of sp³-hybridized carbons (Fsp3) is 0.400. The minimum atomic E-state index is -0.0832. The van der Waals surface area contributed by atoms with Crippen molar-refractivity contribution >= 4 is 23.2 Å².